The summed E-state index contributed by atoms with van der Waals surface area (Å²) in [5, 5.41) is 3.61. The van der Waals surface area contributed by atoms with Crippen molar-refractivity contribution >= 4 is 44.8 Å². The molecule has 1 aliphatic heterocycles. The lowest BCUT2D eigenvalue weighted by molar-refractivity contribution is 0.0956. The molecule has 28 heavy (non-hydrogen) atoms. The summed E-state index contributed by atoms with van der Waals surface area (Å²) >= 11 is 12.0. The van der Waals surface area contributed by atoms with E-state index in [-0.39, 0.29) is 18.2 Å². The van der Waals surface area contributed by atoms with Gasteiger partial charge in [-0.05, 0) is 30.3 Å². The molecular formula is C19H21Cl2N3O3S. The number of nitrogens with zero attached hydrogens (tertiary/aromatic N) is 2. The first-order valence-electron chi connectivity index (χ1n) is 8.88. The Morgan fingerprint density at radius 1 is 1.00 bits per heavy atom. The lowest BCUT2D eigenvalue weighted by Crippen LogP contribution is -2.50. The molecule has 0 saturated carbocycles. The molecule has 1 N–H and O–H groups in total. The number of hydrogen-bond donors (Lipinski definition) is 1. The third-order valence-corrected chi connectivity index (χ3v) is 7.01. The molecule has 1 fully saturated rings. The zero-order chi connectivity index (χ0) is 20.1. The maximum absolute atomic E-state index is 12.6. The molecule has 0 aliphatic carbocycles. The van der Waals surface area contributed by atoms with Crippen LogP contribution in [0, 0.1) is 0 Å². The van der Waals surface area contributed by atoms with Crippen molar-refractivity contribution in [2.24, 2.45) is 0 Å². The molecule has 2 aromatic carbocycles. The third-order valence-electron chi connectivity index (χ3n) is 4.57. The van der Waals surface area contributed by atoms with E-state index in [1.54, 1.807) is 24.3 Å². The van der Waals surface area contributed by atoms with E-state index < -0.39 is 10.0 Å². The van der Waals surface area contributed by atoms with E-state index in [4.69, 9.17) is 23.2 Å². The fourth-order valence-electron chi connectivity index (χ4n) is 3.06. The van der Waals surface area contributed by atoms with Crippen LogP contribution in [0.4, 0.5) is 5.69 Å². The Hall–Kier alpha value is -1.80. The minimum absolute atomic E-state index is 0.0287. The van der Waals surface area contributed by atoms with Crippen LogP contribution in [-0.2, 0) is 10.0 Å². The monoisotopic (exact) mass is 441 g/mol. The number of carbonyl (C=O) groups excluding carboxylic acids is 1. The van der Waals surface area contributed by atoms with Gasteiger partial charge in [0.15, 0.2) is 0 Å². The molecule has 150 valence electrons. The van der Waals surface area contributed by atoms with Crippen LogP contribution in [-0.4, -0.2) is 57.1 Å². The first kappa shape index (κ1) is 20.9. The van der Waals surface area contributed by atoms with E-state index >= 15 is 0 Å². The van der Waals surface area contributed by atoms with Gasteiger partial charge in [0.1, 0.15) is 0 Å². The highest BCUT2D eigenvalue weighted by atomic mass is 35.5. The summed E-state index contributed by atoms with van der Waals surface area (Å²) in [4.78, 5) is 14.2. The smallest absolute Gasteiger partial charge is 0.252 e. The van der Waals surface area contributed by atoms with Crippen LogP contribution in [0.3, 0.4) is 0 Å². The number of piperazine rings is 1. The van der Waals surface area contributed by atoms with Crippen molar-refractivity contribution in [3.8, 4) is 0 Å². The molecule has 9 heteroatoms. The van der Waals surface area contributed by atoms with Crippen LogP contribution in [0.25, 0.3) is 0 Å². The fraction of sp³-hybridized carbons (Fsp3) is 0.316. The van der Waals surface area contributed by atoms with E-state index in [1.807, 2.05) is 24.3 Å². The van der Waals surface area contributed by atoms with Gasteiger partial charge in [0, 0.05) is 43.4 Å². The Balaban J connectivity index is 1.50. The molecule has 0 aromatic heterocycles. The van der Waals surface area contributed by atoms with E-state index in [1.165, 1.54) is 4.31 Å². The highest BCUT2D eigenvalue weighted by Gasteiger charge is 2.27. The molecule has 3 rings (SSSR count). The summed E-state index contributed by atoms with van der Waals surface area (Å²) in [6, 6.07) is 14.2. The molecular weight excluding hydrogens is 421 g/mol. The quantitative estimate of drug-likeness (QED) is 0.747. The van der Waals surface area contributed by atoms with Gasteiger partial charge in [-0.3, -0.25) is 4.79 Å². The van der Waals surface area contributed by atoms with Crippen molar-refractivity contribution in [2.75, 3.05) is 43.4 Å². The molecule has 1 heterocycles. The Labute approximate surface area is 175 Å². The first-order valence-corrected chi connectivity index (χ1v) is 11.2. The lowest BCUT2D eigenvalue weighted by atomic mass is 10.2. The SMILES string of the molecule is O=C(NCCS(=O)(=O)N1CCN(c2cccc(Cl)c2)CC1)c1ccccc1Cl. The summed E-state index contributed by atoms with van der Waals surface area (Å²) in [7, 11) is -3.45. The van der Waals surface area contributed by atoms with Gasteiger partial charge < -0.3 is 10.2 Å². The summed E-state index contributed by atoms with van der Waals surface area (Å²) in [6.45, 7) is 2.00. The number of carbonyl (C=O) groups is 1. The maximum atomic E-state index is 12.6. The van der Waals surface area contributed by atoms with Crippen molar-refractivity contribution in [1.82, 2.24) is 9.62 Å². The van der Waals surface area contributed by atoms with Crippen molar-refractivity contribution in [3.63, 3.8) is 0 Å². The summed E-state index contributed by atoms with van der Waals surface area (Å²) in [5.74, 6) is -0.535. The molecule has 6 nitrogen and oxygen atoms in total. The number of rotatable bonds is 6. The van der Waals surface area contributed by atoms with Crippen LogP contribution >= 0.6 is 23.2 Å². The zero-order valence-electron chi connectivity index (χ0n) is 15.1. The van der Waals surface area contributed by atoms with Gasteiger partial charge in [-0.1, -0.05) is 41.4 Å². The fourth-order valence-corrected chi connectivity index (χ4v) is 4.80. The standard InChI is InChI=1S/C19H21Cl2N3O3S/c20-15-4-3-5-16(14-15)23-9-11-24(12-10-23)28(26,27)13-8-22-19(25)17-6-1-2-7-18(17)21/h1-7,14H,8-13H2,(H,22,25). The van der Waals surface area contributed by atoms with E-state index in [9.17, 15) is 13.2 Å². The maximum Gasteiger partial charge on any atom is 0.252 e. The van der Waals surface area contributed by atoms with E-state index in [2.05, 4.69) is 10.2 Å². The number of benzene rings is 2. The van der Waals surface area contributed by atoms with E-state index in [0.717, 1.165) is 5.69 Å². The number of hydrogen-bond acceptors (Lipinski definition) is 4. The van der Waals surface area contributed by atoms with Gasteiger partial charge in [0.2, 0.25) is 10.0 Å². The van der Waals surface area contributed by atoms with Crippen LogP contribution in [0.1, 0.15) is 10.4 Å². The van der Waals surface area contributed by atoms with Crippen LogP contribution in [0.2, 0.25) is 10.0 Å². The summed E-state index contributed by atoms with van der Waals surface area (Å²) in [5.41, 5.74) is 1.31. The average Bonchev–Trinajstić information content (AvgIpc) is 2.68. The largest absolute Gasteiger partial charge is 0.369 e. The second-order valence-electron chi connectivity index (χ2n) is 6.42. The molecule has 0 spiro atoms. The minimum atomic E-state index is -3.45. The van der Waals surface area contributed by atoms with Crippen LogP contribution < -0.4 is 10.2 Å². The average molecular weight is 442 g/mol. The topological polar surface area (TPSA) is 69.7 Å². The Kier molecular flexibility index (Phi) is 6.82. The Morgan fingerprint density at radius 2 is 1.71 bits per heavy atom. The molecule has 0 radical (unpaired) electrons. The molecule has 0 unspecified atom stereocenters. The highest BCUT2D eigenvalue weighted by molar-refractivity contribution is 7.89. The van der Waals surface area contributed by atoms with Gasteiger partial charge in [-0.25, -0.2) is 8.42 Å². The number of halogens is 2. The minimum Gasteiger partial charge on any atom is -0.369 e. The first-order chi connectivity index (χ1) is 13.4. The van der Waals surface area contributed by atoms with Gasteiger partial charge in [-0.2, -0.15) is 4.31 Å². The second-order valence-corrected chi connectivity index (χ2v) is 9.35. The highest BCUT2D eigenvalue weighted by Crippen LogP contribution is 2.21. The molecule has 1 amide bonds. The van der Waals surface area contributed by atoms with Crippen molar-refractivity contribution in [2.45, 2.75) is 0 Å². The van der Waals surface area contributed by atoms with Crippen molar-refractivity contribution in [1.29, 1.82) is 0 Å². The van der Waals surface area contributed by atoms with Crippen molar-refractivity contribution < 1.29 is 13.2 Å². The number of sulfonamides is 1. The molecule has 0 bridgehead atoms. The van der Waals surface area contributed by atoms with Crippen LogP contribution in [0.5, 0.6) is 0 Å². The predicted octanol–water partition coefficient (Wildman–Crippen LogP) is 2.88. The Bertz CT molecular complexity index is 945. The van der Waals surface area contributed by atoms with Gasteiger partial charge in [0.05, 0.1) is 16.3 Å². The van der Waals surface area contributed by atoms with E-state index in [0.29, 0.717) is 41.8 Å². The number of amides is 1. The molecule has 1 saturated heterocycles. The lowest BCUT2D eigenvalue weighted by Gasteiger charge is -2.35. The van der Waals surface area contributed by atoms with Gasteiger partial charge in [0.25, 0.3) is 5.91 Å². The van der Waals surface area contributed by atoms with Crippen molar-refractivity contribution in [3.05, 3.63) is 64.1 Å². The number of anilines is 1. The van der Waals surface area contributed by atoms with Gasteiger partial charge >= 0.3 is 0 Å². The number of nitrogens with one attached hydrogen (secondary N) is 1. The predicted molar refractivity (Wildman–Crippen MR) is 113 cm³/mol. The van der Waals surface area contributed by atoms with Crippen LogP contribution in [0.15, 0.2) is 48.5 Å². The molecule has 1 aliphatic rings. The Morgan fingerprint density at radius 3 is 2.39 bits per heavy atom. The molecule has 0 atom stereocenters. The summed E-state index contributed by atoms with van der Waals surface area (Å²) < 4.78 is 26.6. The zero-order valence-corrected chi connectivity index (χ0v) is 17.5. The van der Waals surface area contributed by atoms with Gasteiger partial charge in [-0.15, -0.1) is 0 Å². The second kappa shape index (κ2) is 9.13. The summed E-state index contributed by atoms with van der Waals surface area (Å²) in [6.07, 6.45) is 0. The third kappa shape index (κ3) is 5.17. The molecule has 2 aromatic rings. The normalized spacial score (nSPS) is 15.4.